The van der Waals surface area contributed by atoms with E-state index in [-0.39, 0.29) is 23.8 Å². The zero-order valence-corrected chi connectivity index (χ0v) is 12.7. The molecule has 0 saturated heterocycles. The highest BCUT2D eigenvalue weighted by atomic mass is 16.5. The summed E-state index contributed by atoms with van der Waals surface area (Å²) in [5.41, 5.74) is 3.39. The predicted molar refractivity (Wildman–Crippen MR) is 82.0 cm³/mol. The molecule has 0 unspecified atom stereocenters. The summed E-state index contributed by atoms with van der Waals surface area (Å²) in [6.45, 7) is 0.195. The maximum Gasteiger partial charge on any atom is 0.299 e. The minimum absolute atomic E-state index is 0.195. The second-order valence-corrected chi connectivity index (χ2v) is 6.50. The highest BCUT2D eigenvalue weighted by Crippen LogP contribution is 2.50. The van der Waals surface area contributed by atoms with E-state index in [1.807, 2.05) is 23.1 Å². The van der Waals surface area contributed by atoms with E-state index in [9.17, 15) is 9.59 Å². The van der Waals surface area contributed by atoms with Crippen LogP contribution in [-0.4, -0.2) is 35.8 Å². The lowest BCUT2D eigenvalue weighted by atomic mass is 9.80. The average molecular weight is 297 g/mol. The summed E-state index contributed by atoms with van der Waals surface area (Å²) in [5.74, 6) is -0.752. The monoisotopic (exact) mass is 297 g/mol. The Morgan fingerprint density at radius 1 is 1.18 bits per heavy atom. The molecule has 4 nitrogen and oxygen atoms in total. The van der Waals surface area contributed by atoms with E-state index >= 15 is 0 Å². The first kappa shape index (κ1) is 13.7. The van der Waals surface area contributed by atoms with Crippen LogP contribution in [0, 0.1) is 0 Å². The third-order valence-corrected chi connectivity index (χ3v) is 5.27. The van der Waals surface area contributed by atoms with Gasteiger partial charge in [0, 0.05) is 12.7 Å². The molecule has 0 aromatic heterocycles. The van der Waals surface area contributed by atoms with Crippen LogP contribution >= 0.6 is 0 Å². The Hall–Kier alpha value is -1.94. The number of ketones is 1. The number of methoxy groups -OCH3 is 1. The van der Waals surface area contributed by atoms with Gasteiger partial charge < -0.3 is 4.74 Å². The van der Waals surface area contributed by atoms with Gasteiger partial charge in [-0.2, -0.15) is 0 Å². The minimum atomic E-state index is -0.389. The van der Waals surface area contributed by atoms with Crippen molar-refractivity contribution in [2.75, 3.05) is 13.7 Å². The van der Waals surface area contributed by atoms with Gasteiger partial charge in [-0.05, 0) is 24.8 Å². The molecule has 1 spiro atoms. The molecule has 1 fully saturated rings. The first-order chi connectivity index (χ1) is 10.7. The maximum absolute atomic E-state index is 12.7. The van der Waals surface area contributed by atoms with Crippen molar-refractivity contribution < 1.29 is 14.3 Å². The quantitative estimate of drug-likeness (QED) is 0.787. The molecule has 2 aliphatic heterocycles. The Morgan fingerprint density at radius 2 is 1.91 bits per heavy atom. The smallest absolute Gasteiger partial charge is 0.299 e. The van der Waals surface area contributed by atoms with Gasteiger partial charge in [0.15, 0.2) is 0 Å². The van der Waals surface area contributed by atoms with Gasteiger partial charge in [0.05, 0.1) is 23.4 Å². The van der Waals surface area contributed by atoms with Crippen molar-refractivity contribution in [3.63, 3.8) is 0 Å². The van der Waals surface area contributed by atoms with Crippen LogP contribution < -0.4 is 0 Å². The number of benzene rings is 1. The minimum Gasteiger partial charge on any atom is -0.380 e. The fraction of sp³-hybridized carbons (Fsp3) is 0.444. The molecule has 1 aliphatic carbocycles. The normalized spacial score (nSPS) is 22.5. The molecule has 4 rings (SSSR count). The largest absolute Gasteiger partial charge is 0.380 e. The van der Waals surface area contributed by atoms with Gasteiger partial charge in [0.25, 0.3) is 11.7 Å². The van der Waals surface area contributed by atoms with Gasteiger partial charge >= 0.3 is 0 Å². The number of hydrogen-bond acceptors (Lipinski definition) is 3. The molecule has 1 aromatic rings. The van der Waals surface area contributed by atoms with E-state index in [1.54, 1.807) is 7.11 Å². The lowest BCUT2D eigenvalue weighted by Gasteiger charge is -2.44. The van der Waals surface area contributed by atoms with Crippen molar-refractivity contribution in [3.8, 4) is 0 Å². The van der Waals surface area contributed by atoms with E-state index in [4.69, 9.17) is 4.74 Å². The number of ether oxygens (including phenoxy) is 1. The molecular formula is C18H19NO3. The molecule has 4 heteroatoms. The lowest BCUT2D eigenvalue weighted by molar-refractivity contribution is -0.142. The van der Waals surface area contributed by atoms with Crippen LogP contribution in [0.25, 0.3) is 5.70 Å². The van der Waals surface area contributed by atoms with Gasteiger partial charge in [-0.15, -0.1) is 0 Å². The highest BCUT2D eigenvalue weighted by molar-refractivity contribution is 6.49. The van der Waals surface area contributed by atoms with E-state index in [0.29, 0.717) is 5.57 Å². The van der Waals surface area contributed by atoms with Crippen molar-refractivity contribution in [2.45, 2.75) is 37.6 Å². The van der Waals surface area contributed by atoms with Crippen LogP contribution in [0.5, 0.6) is 0 Å². The number of rotatable bonds is 2. The molecular weight excluding hydrogens is 278 g/mol. The number of nitrogens with zero attached hydrogens (tertiary/aromatic N) is 1. The Bertz CT molecular complexity index is 698. The van der Waals surface area contributed by atoms with Crippen LogP contribution in [0.3, 0.4) is 0 Å². The van der Waals surface area contributed by atoms with Crippen molar-refractivity contribution in [1.29, 1.82) is 0 Å². The molecule has 1 saturated carbocycles. The molecule has 22 heavy (non-hydrogen) atoms. The molecule has 0 bridgehead atoms. The van der Waals surface area contributed by atoms with Crippen LogP contribution in [0.1, 0.15) is 36.8 Å². The fourth-order valence-corrected chi connectivity index (χ4v) is 4.36. The number of carbonyl (C=O) groups excluding carboxylic acids is 2. The molecule has 1 aromatic carbocycles. The maximum atomic E-state index is 12.7. The van der Waals surface area contributed by atoms with Crippen LogP contribution in [0.4, 0.5) is 0 Å². The van der Waals surface area contributed by atoms with E-state index in [0.717, 1.165) is 43.4 Å². The van der Waals surface area contributed by atoms with E-state index < -0.39 is 0 Å². The summed E-state index contributed by atoms with van der Waals surface area (Å²) in [4.78, 5) is 27.0. The Kier molecular flexibility index (Phi) is 2.98. The number of fused-ring (bicyclic) bond motifs is 4. The highest BCUT2D eigenvalue weighted by Gasteiger charge is 2.53. The van der Waals surface area contributed by atoms with Gasteiger partial charge in [0.1, 0.15) is 0 Å². The van der Waals surface area contributed by atoms with Crippen molar-refractivity contribution in [3.05, 3.63) is 41.0 Å². The van der Waals surface area contributed by atoms with Crippen molar-refractivity contribution in [1.82, 2.24) is 4.90 Å². The molecule has 3 aliphatic rings. The lowest BCUT2D eigenvalue weighted by Crippen LogP contribution is -2.52. The Balaban J connectivity index is 1.97. The summed E-state index contributed by atoms with van der Waals surface area (Å²) >= 11 is 0. The Morgan fingerprint density at radius 3 is 2.64 bits per heavy atom. The summed E-state index contributed by atoms with van der Waals surface area (Å²) in [6, 6.07) is 8.14. The summed E-state index contributed by atoms with van der Waals surface area (Å²) in [7, 11) is 1.56. The third-order valence-electron chi connectivity index (χ3n) is 5.27. The van der Waals surface area contributed by atoms with Gasteiger partial charge in [-0.1, -0.05) is 37.1 Å². The summed E-state index contributed by atoms with van der Waals surface area (Å²) < 4.78 is 5.20. The topological polar surface area (TPSA) is 46.6 Å². The molecule has 0 radical (unpaired) electrons. The van der Waals surface area contributed by atoms with Gasteiger partial charge in [0.2, 0.25) is 0 Å². The Labute approximate surface area is 129 Å². The van der Waals surface area contributed by atoms with E-state index in [1.165, 1.54) is 5.56 Å². The van der Waals surface area contributed by atoms with E-state index in [2.05, 4.69) is 6.07 Å². The van der Waals surface area contributed by atoms with Crippen LogP contribution in [0.2, 0.25) is 0 Å². The van der Waals surface area contributed by atoms with Crippen molar-refractivity contribution in [2.24, 2.45) is 0 Å². The average Bonchev–Trinajstić information content (AvgIpc) is 3.07. The zero-order valence-electron chi connectivity index (χ0n) is 12.7. The van der Waals surface area contributed by atoms with Crippen LogP contribution in [-0.2, 0) is 20.7 Å². The molecule has 114 valence electrons. The molecule has 0 N–H and O–H groups in total. The predicted octanol–water partition coefficient (Wildman–Crippen LogP) is 2.32. The number of hydrogen-bond donors (Lipinski definition) is 0. The van der Waals surface area contributed by atoms with Gasteiger partial charge in [-0.25, -0.2) is 0 Å². The second kappa shape index (κ2) is 4.78. The first-order valence-electron chi connectivity index (χ1n) is 7.87. The fourth-order valence-electron chi connectivity index (χ4n) is 4.36. The number of carbonyl (C=O) groups is 2. The SMILES string of the molecule is COCC1=C2c3ccccc3CC3(CCCC3)N2C(=O)C1=O. The van der Waals surface area contributed by atoms with Gasteiger partial charge in [-0.3, -0.25) is 14.5 Å². The standard InChI is InChI=1S/C18H19NO3/c1-22-11-14-15-13-7-3-2-6-12(13)10-18(8-4-5-9-18)19(15)17(21)16(14)20/h2-3,6-7H,4-5,8-11H2,1H3. The number of amides is 1. The molecule has 0 atom stereocenters. The zero-order chi connectivity index (χ0) is 15.3. The molecule has 1 amide bonds. The van der Waals surface area contributed by atoms with Crippen LogP contribution in [0.15, 0.2) is 29.8 Å². The first-order valence-corrected chi connectivity index (χ1v) is 7.87. The van der Waals surface area contributed by atoms with Crippen molar-refractivity contribution >= 4 is 17.4 Å². The summed E-state index contributed by atoms with van der Waals surface area (Å²) in [5, 5.41) is 0. The third kappa shape index (κ3) is 1.67. The summed E-state index contributed by atoms with van der Waals surface area (Å²) in [6.07, 6.45) is 5.04. The number of Topliss-reactive ketones (excluding diaryl/α,β-unsaturated/α-hetero) is 1. The molecule has 2 heterocycles. The second-order valence-electron chi connectivity index (χ2n) is 6.50.